The number of amides is 2. The van der Waals surface area contributed by atoms with E-state index in [-0.39, 0.29) is 11.8 Å². The molecule has 5 nitrogen and oxygen atoms in total. The first-order valence-electron chi connectivity index (χ1n) is 7.81. The Morgan fingerprint density at radius 2 is 1.22 bits per heavy atom. The molecule has 0 radical (unpaired) electrons. The molecule has 23 heavy (non-hydrogen) atoms. The maximum atomic E-state index is 11.0. The molecular formula is C16H28N2O3Si2. The van der Waals surface area contributed by atoms with Crippen LogP contribution in [0.5, 0.6) is 0 Å². The second kappa shape index (κ2) is 10.3. The highest BCUT2D eigenvalue weighted by molar-refractivity contribution is 6.84. The Morgan fingerprint density at radius 1 is 0.870 bits per heavy atom. The normalized spacial score (nSPS) is 11.2. The van der Waals surface area contributed by atoms with Crippen LogP contribution >= 0.6 is 0 Å². The van der Waals surface area contributed by atoms with Crippen LogP contribution < -0.4 is 10.6 Å². The van der Waals surface area contributed by atoms with Gasteiger partial charge in [-0.15, -0.1) is 12.8 Å². The van der Waals surface area contributed by atoms with E-state index in [2.05, 4.69) is 36.8 Å². The van der Waals surface area contributed by atoms with Crippen molar-refractivity contribution in [2.75, 3.05) is 13.1 Å². The van der Waals surface area contributed by atoms with E-state index in [1.807, 2.05) is 11.8 Å². The summed E-state index contributed by atoms with van der Waals surface area (Å²) in [5.74, 6) is 3.34. The molecule has 128 valence electrons. The van der Waals surface area contributed by atoms with Crippen LogP contribution in [0.1, 0.15) is 12.8 Å². The third-order valence-corrected chi connectivity index (χ3v) is 10.8. The second-order valence-electron chi connectivity index (χ2n) is 6.63. The van der Waals surface area contributed by atoms with Crippen molar-refractivity contribution in [3.05, 3.63) is 0 Å². The fourth-order valence-corrected chi connectivity index (χ4v) is 11.2. The SMILES string of the molecule is C#CC(=O)NCCC[Si](C)(C)O[Si](C)(C)CCCNC(=O)C#C. The van der Waals surface area contributed by atoms with Crippen molar-refractivity contribution in [3.8, 4) is 24.7 Å². The van der Waals surface area contributed by atoms with E-state index in [0.717, 1.165) is 24.9 Å². The lowest BCUT2D eigenvalue weighted by atomic mass is 10.4. The van der Waals surface area contributed by atoms with Gasteiger partial charge in [-0.3, -0.25) is 9.59 Å². The average molecular weight is 353 g/mol. The predicted molar refractivity (Wildman–Crippen MR) is 98.6 cm³/mol. The zero-order valence-corrected chi connectivity index (χ0v) is 16.6. The van der Waals surface area contributed by atoms with Crippen LogP contribution in [0.15, 0.2) is 0 Å². The highest BCUT2D eigenvalue weighted by Gasteiger charge is 2.32. The maximum Gasteiger partial charge on any atom is 0.295 e. The highest BCUT2D eigenvalue weighted by atomic mass is 28.4. The van der Waals surface area contributed by atoms with Gasteiger partial charge in [0.1, 0.15) is 0 Å². The van der Waals surface area contributed by atoms with Gasteiger partial charge in [0.05, 0.1) is 0 Å². The summed E-state index contributed by atoms with van der Waals surface area (Å²) >= 11 is 0. The van der Waals surface area contributed by atoms with E-state index < -0.39 is 16.6 Å². The molecule has 0 heterocycles. The van der Waals surface area contributed by atoms with Gasteiger partial charge in [0.15, 0.2) is 16.6 Å². The molecule has 0 rings (SSSR count). The molecule has 7 heteroatoms. The molecule has 0 aliphatic carbocycles. The minimum absolute atomic E-state index is 0.367. The summed E-state index contributed by atoms with van der Waals surface area (Å²) in [5, 5.41) is 5.34. The van der Waals surface area contributed by atoms with Crippen molar-refractivity contribution in [2.24, 2.45) is 0 Å². The van der Waals surface area contributed by atoms with Crippen LogP contribution in [-0.2, 0) is 13.7 Å². The number of hydrogen-bond acceptors (Lipinski definition) is 3. The third kappa shape index (κ3) is 11.6. The number of carbonyl (C=O) groups is 2. The standard InChI is InChI=1S/C16H28N2O3Si2/c1-7-15(19)17-11-9-13-22(3,4)21-23(5,6)14-10-12-18-16(20)8-2/h1-2H,9-14H2,3-6H3,(H,17,19)(H,18,20). The van der Waals surface area contributed by atoms with Crippen LogP contribution in [-0.4, -0.2) is 41.5 Å². The first kappa shape index (κ1) is 21.5. The molecule has 0 atom stereocenters. The smallest absolute Gasteiger partial charge is 0.295 e. The number of terminal acetylenes is 2. The molecule has 2 N–H and O–H groups in total. The van der Waals surface area contributed by atoms with Gasteiger partial charge in [0, 0.05) is 13.1 Å². The number of nitrogens with one attached hydrogen (secondary N) is 2. The highest BCUT2D eigenvalue weighted by Crippen LogP contribution is 2.23. The Balaban J connectivity index is 4.09. The van der Waals surface area contributed by atoms with Crippen LogP contribution in [0.4, 0.5) is 0 Å². The lowest BCUT2D eigenvalue weighted by Gasteiger charge is -2.34. The molecule has 0 unspecified atom stereocenters. The largest absolute Gasteiger partial charge is 0.455 e. The molecular weight excluding hydrogens is 324 g/mol. The van der Waals surface area contributed by atoms with Gasteiger partial charge in [-0.05, 0) is 63.0 Å². The Kier molecular flexibility index (Phi) is 9.58. The molecule has 0 aromatic rings. The second-order valence-corrected chi connectivity index (χ2v) is 15.5. The molecule has 0 saturated carbocycles. The van der Waals surface area contributed by atoms with Gasteiger partial charge in [-0.25, -0.2) is 0 Å². The molecule has 0 bridgehead atoms. The van der Waals surface area contributed by atoms with Crippen LogP contribution in [0.2, 0.25) is 38.3 Å². The maximum absolute atomic E-state index is 11.0. The lowest BCUT2D eigenvalue weighted by Crippen LogP contribution is -2.44. The Labute approximate surface area is 142 Å². The van der Waals surface area contributed by atoms with Crippen molar-refractivity contribution >= 4 is 28.4 Å². The summed E-state index contributed by atoms with van der Waals surface area (Å²) in [7, 11) is -3.54. The van der Waals surface area contributed by atoms with Crippen LogP contribution in [0.25, 0.3) is 0 Å². The molecule has 0 saturated heterocycles. The first-order chi connectivity index (χ1) is 10.6. The van der Waals surface area contributed by atoms with Crippen molar-refractivity contribution in [1.29, 1.82) is 0 Å². The van der Waals surface area contributed by atoms with Gasteiger partial charge in [-0.2, -0.15) is 0 Å². The van der Waals surface area contributed by atoms with Gasteiger partial charge in [0.2, 0.25) is 0 Å². The molecule has 2 amide bonds. The summed E-state index contributed by atoms with van der Waals surface area (Å²) in [5.41, 5.74) is 0. The van der Waals surface area contributed by atoms with Crippen LogP contribution in [0, 0.1) is 24.7 Å². The Morgan fingerprint density at radius 3 is 1.52 bits per heavy atom. The molecule has 0 aromatic heterocycles. The van der Waals surface area contributed by atoms with Gasteiger partial charge in [0.25, 0.3) is 11.8 Å². The van der Waals surface area contributed by atoms with Crippen molar-refractivity contribution in [2.45, 2.75) is 51.1 Å². The van der Waals surface area contributed by atoms with Crippen LogP contribution in [0.3, 0.4) is 0 Å². The molecule has 0 fully saturated rings. The molecule has 0 aliphatic heterocycles. The first-order valence-corrected chi connectivity index (χ1v) is 14.0. The average Bonchev–Trinajstić information content (AvgIpc) is 2.46. The van der Waals surface area contributed by atoms with Crippen molar-refractivity contribution in [1.82, 2.24) is 10.6 Å². The number of rotatable bonds is 10. The number of carbonyl (C=O) groups excluding carboxylic acids is 2. The van der Waals surface area contributed by atoms with E-state index in [1.54, 1.807) is 0 Å². The molecule has 0 aliphatic rings. The summed E-state index contributed by atoms with van der Waals surface area (Å²) in [6.45, 7) is 9.97. The minimum Gasteiger partial charge on any atom is -0.455 e. The van der Waals surface area contributed by atoms with E-state index >= 15 is 0 Å². The van der Waals surface area contributed by atoms with Gasteiger partial charge >= 0.3 is 0 Å². The lowest BCUT2D eigenvalue weighted by molar-refractivity contribution is -0.116. The summed E-state index contributed by atoms with van der Waals surface area (Å²) in [6, 6.07) is 1.95. The zero-order valence-electron chi connectivity index (χ0n) is 14.6. The monoisotopic (exact) mass is 352 g/mol. The minimum atomic E-state index is -1.77. The Bertz CT molecular complexity index is 447. The summed E-state index contributed by atoms with van der Waals surface area (Å²) in [4.78, 5) is 22.0. The molecule has 0 aromatic carbocycles. The zero-order chi connectivity index (χ0) is 17.9. The third-order valence-electron chi connectivity index (χ3n) is 3.30. The van der Waals surface area contributed by atoms with Gasteiger partial charge in [-0.1, -0.05) is 0 Å². The fourth-order valence-electron chi connectivity index (χ4n) is 2.38. The molecule has 0 spiro atoms. The van der Waals surface area contributed by atoms with E-state index in [9.17, 15) is 9.59 Å². The van der Waals surface area contributed by atoms with E-state index in [0.29, 0.717) is 13.1 Å². The van der Waals surface area contributed by atoms with Crippen molar-refractivity contribution < 1.29 is 13.7 Å². The summed E-state index contributed by atoms with van der Waals surface area (Å²) in [6.07, 6.45) is 11.7. The summed E-state index contributed by atoms with van der Waals surface area (Å²) < 4.78 is 6.46. The fraction of sp³-hybridized carbons (Fsp3) is 0.625. The topological polar surface area (TPSA) is 67.4 Å². The quantitative estimate of drug-likeness (QED) is 0.357. The Hall–Kier alpha value is -1.55. The van der Waals surface area contributed by atoms with E-state index in [1.165, 1.54) is 0 Å². The number of hydrogen-bond donors (Lipinski definition) is 2. The predicted octanol–water partition coefficient (Wildman–Crippen LogP) is 1.69. The van der Waals surface area contributed by atoms with Crippen molar-refractivity contribution in [3.63, 3.8) is 0 Å². The van der Waals surface area contributed by atoms with E-state index in [4.69, 9.17) is 17.0 Å². The van der Waals surface area contributed by atoms with Gasteiger partial charge < -0.3 is 14.7 Å².